The fraction of sp³-hybridized carbons (Fsp3) is 0. The van der Waals surface area contributed by atoms with Gasteiger partial charge in [0.15, 0.2) is 0 Å². The van der Waals surface area contributed by atoms with Gasteiger partial charge in [0.2, 0.25) is 0 Å². The van der Waals surface area contributed by atoms with Gasteiger partial charge in [-0.25, -0.2) is 4.79 Å². The van der Waals surface area contributed by atoms with Gasteiger partial charge in [-0.3, -0.25) is 0 Å². The van der Waals surface area contributed by atoms with Crippen LogP contribution in [0.15, 0.2) is 29.2 Å². The summed E-state index contributed by atoms with van der Waals surface area (Å²) in [6, 6.07) is 6.58. The molecule has 1 aromatic rings. The Bertz CT molecular complexity index is 2610. The highest BCUT2D eigenvalue weighted by Crippen LogP contribution is 2.11. The van der Waals surface area contributed by atoms with Gasteiger partial charge in [0.25, 0.3) is 0 Å². The molecule has 1 rings (SSSR count). The van der Waals surface area contributed by atoms with Crippen molar-refractivity contribution in [1.29, 1.82) is 0 Å². The third-order valence-corrected chi connectivity index (χ3v) is 75.8. The van der Waals surface area contributed by atoms with Crippen molar-refractivity contribution in [2.75, 3.05) is 0 Å². The monoisotopic (exact) mass is 1310 g/mol. The Morgan fingerprint density at radius 2 is 0.609 bits per heavy atom. The zero-order valence-electron chi connectivity index (χ0n) is 19.8. The summed E-state index contributed by atoms with van der Waals surface area (Å²) >= 11 is 13.6. The van der Waals surface area contributed by atoms with E-state index in [0.717, 1.165) is 0 Å². The smallest absolute Gasteiger partial charge is 0.336 e. The Morgan fingerprint density at radius 3 is 0.761 bits per heavy atom. The van der Waals surface area contributed by atoms with Gasteiger partial charge < -0.3 is 5.11 Å². The molecule has 0 aliphatic carbocycles. The summed E-state index contributed by atoms with van der Waals surface area (Å²) in [5.74, 6) is -0.939. The molecule has 0 spiro atoms. The van der Waals surface area contributed by atoms with Crippen LogP contribution >= 0.6 is 12.6 Å². The number of carbonyl (C=O) groups is 1. The van der Waals surface area contributed by atoms with Crippen molar-refractivity contribution in [3.8, 4) is 0 Å². The van der Waals surface area contributed by atoms with Gasteiger partial charge in [0, 0.05) is 329 Å². The molecular formula is C7H6O2S37. The fourth-order valence-electron chi connectivity index (χ4n) is 1.02. The Morgan fingerprint density at radius 1 is 0.413 bits per heavy atom. The van der Waals surface area contributed by atoms with E-state index in [1.54, 1.807) is 125 Å². The number of benzene rings is 1. The zero-order valence-corrected chi connectivity index (χ0v) is 50.1. The molecule has 0 aliphatic rings. The van der Waals surface area contributed by atoms with Crippen LogP contribution in [-0.2, 0) is 324 Å². The van der Waals surface area contributed by atoms with Crippen molar-refractivity contribution < 1.29 is 9.90 Å². The van der Waals surface area contributed by atoms with E-state index in [1.807, 2.05) is 178 Å². The highest BCUT2D eigenvalue weighted by atomic mass is 33.5. The van der Waals surface area contributed by atoms with Gasteiger partial charge in [-0.05, 0) is 12.1 Å². The normalized spacial score (nSPS) is 8.02. The Kier molecular flexibility index (Phi) is 53.4. The average Bonchev–Trinajstić information content (AvgIpc) is 3.05. The minimum atomic E-state index is -0.939. The predicted molar refractivity (Wildman–Crippen MR) is 306 cm³/mol. The van der Waals surface area contributed by atoms with Crippen molar-refractivity contribution in [2.45, 2.75) is 4.90 Å². The van der Waals surface area contributed by atoms with Gasteiger partial charge >= 0.3 is 5.97 Å². The van der Waals surface area contributed by atoms with E-state index in [9.17, 15) is 4.79 Å². The highest BCUT2D eigenvalue weighted by Gasteiger charge is 2.03. The maximum atomic E-state index is 10.4. The van der Waals surface area contributed by atoms with Crippen molar-refractivity contribution in [1.82, 2.24) is 0 Å². The van der Waals surface area contributed by atoms with Crippen molar-refractivity contribution >= 4 is 343 Å². The lowest BCUT2D eigenvalue weighted by atomic mass is 10.2. The molecule has 2 nitrogen and oxygen atoms in total. The summed E-state index contributed by atoms with van der Waals surface area (Å²) in [6.45, 7) is 0. The minimum Gasteiger partial charge on any atom is -0.478 e. The van der Waals surface area contributed by atoms with Crippen LogP contribution in [0.3, 0.4) is 0 Å². The van der Waals surface area contributed by atoms with Crippen LogP contribution in [0.4, 0.5) is 0 Å². The molecule has 46 heavy (non-hydrogen) atoms. The number of hydrogen-bond donors (Lipinski definition) is 2. The van der Waals surface area contributed by atoms with Gasteiger partial charge in [-0.15, -0.1) is 12.6 Å². The van der Waals surface area contributed by atoms with E-state index in [-0.39, 0.29) is 5.56 Å². The first-order chi connectivity index (χ1) is 22.6. The number of hydrogen-bond acceptors (Lipinski definition) is 4. The van der Waals surface area contributed by atoms with Crippen LogP contribution < -0.4 is 0 Å². The van der Waals surface area contributed by atoms with Crippen LogP contribution in [0.5, 0.6) is 0 Å². The zero-order chi connectivity index (χ0) is 33.6. The number of aromatic carboxylic acids is 1. The third-order valence-electron chi connectivity index (χ3n) is 2.05. The molecule has 0 aromatic heterocycles. The first-order valence-electron chi connectivity index (χ1n) is 8.56. The van der Waals surface area contributed by atoms with Gasteiger partial charge in [-0.2, -0.15) is 0 Å². The molecule has 39 heteroatoms. The minimum absolute atomic E-state index is 0.242. The molecular weight excluding hydrogens is 1300 g/mol. The summed E-state index contributed by atoms with van der Waals surface area (Å²) in [7, 11) is 60.1. The van der Waals surface area contributed by atoms with Crippen LogP contribution in [0.25, 0.3) is 0 Å². The lowest BCUT2D eigenvalue weighted by molar-refractivity contribution is 0.0693. The van der Waals surface area contributed by atoms with E-state index >= 15 is 0 Å². The lowest BCUT2D eigenvalue weighted by Crippen LogP contribution is -1.96. The van der Waals surface area contributed by atoms with E-state index in [4.69, 9.17) is 27.5 Å². The standard InChI is InChI=1S/C7H6O2S.S36/c8-7(9)5-3-1-2-4-6(5)10;1-3-5-7-9-11-13-15-17-19-21-23-25-27-29-31-33-35-36-34-32-30-28-26-24-22-20-18-16-14-12-10-8-6-4-2/h1-4,10H,(H,8,9);. The maximum absolute atomic E-state index is 10.4. The maximum Gasteiger partial charge on any atom is 0.336 e. The number of carboxylic acids is 1. The Labute approximate surface area is 377 Å². The summed E-state index contributed by atoms with van der Waals surface area (Å²) in [5, 5.41) is 8.52. The van der Waals surface area contributed by atoms with E-state index in [1.165, 1.54) is 23.8 Å². The van der Waals surface area contributed by atoms with Crippen molar-refractivity contribution in [3.63, 3.8) is 0 Å². The summed E-state index contributed by atoms with van der Waals surface area (Å²) in [5.41, 5.74) is 0.242. The molecule has 0 saturated heterocycles. The predicted octanol–water partition coefficient (Wildman–Crippen LogP) is 1.59. The van der Waals surface area contributed by atoms with Crippen molar-refractivity contribution in [3.05, 3.63) is 29.8 Å². The van der Waals surface area contributed by atoms with Crippen LogP contribution in [0, 0.1) is 0 Å². The molecule has 1 aromatic carbocycles. The quantitative estimate of drug-likeness (QED) is 0.420. The van der Waals surface area contributed by atoms with Crippen LogP contribution in [-0.4, -0.2) is 11.1 Å². The average molecular weight is 1310 g/mol. The molecule has 0 radical (unpaired) electrons. The van der Waals surface area contributed by atoms with Gasteiger partial charge in [-0.1, -0.05) is 12.1 Å². The number of thiol groups is 1. The summed E-state index contributed by atoms with van der Waals surface area (Å²) in [6.07, 6.45) is 0. The Balaban J connectivity index is 0.00000170. The molecule has 0 aliphatic heterocycles. The molecule has 0 unspecified atom stereocenters. The topological polar surface area (TPSA) is 37.3 Å². The second-order valence-corrected chi connectivity index (χ2v) is 64.8. The van der Waals surface area contributed by atoms with Crippen LogP contribution in [0.2, 0.25) is 0 Å². The van der Waals surface area contributed by atoms with E-state index < -0.39 is 5.97 Å². The van der Waals surface area contributed by atoms with Gasteiger partial charge in [0.05, 0.1) is 5.56 Å². The molecule has 0 amide bonds. The molecule has 0 heterocycles. The number of carboxylic acid groups (broad SMARTS) is 1. The molecule has 1 N–H and O–H groups in total. The first-order valence-corrected chi connectivity index (χ1v) is 55.7. The molecule has 0 saturated carbocycles. The Hall–Kier alpha value is 6.96. The molecule has 0 fully saturated rings. The molecule has 268 valence electrons. The molecule has 0 bridgehead atoms. The van der Waals surface area contributed by atoms with Crippen molar-refractivity contribution in [2.24, 2.45) is 0 Å². The highest BCUT2D eigenvalue weighted by molar-refractivity contribution is 8.80. The SMILES string of the molecule is O=C(O)c1ccccc1S.S=S=S=S=S=S=S=S=S=S=S=S=S=S=S=S=S=S=S=S=S=S=S=S=S=S=S=S=S=S=S=S=S=S=S=S. The van der Waals surface area contributed by atoms with Gasteiger partial charge in [0.1, 0.15) is 0 Å². The number of rotatable bonds is 1. The van der Waals surface area contributed by atoms with Crippen LogP contribution in [0.1, 0.15) is 10.4 Å². The molecule has 0 atom stereocenters. The summed E-state index contributed by atoms with van der Waals surface area (Å²) < 4.78 is 0. The van der Waals surface area contributed by atoms with E-state index in [2.05, 4.69) is 12.6 Å². The largest absolute Gasteiger partial charge is 0.478 e. The second-order valence-electron chi connectivity index (χ2n) is 4.14. The third kappa shape index (κ3) is 42.1. The summed E-state index contributed by atoms with van der Waals surface area (Å²) in [4.78, 5) is 10.9. The second kappa shape index (κ2) is 46.3. The first kappa shape index (κ1) is 53.0. The fourth-order valence-corrected chi connectivity index (χ4v) is 89.1. The van der Waals surface area contributed by atoms with E-state index in [0.29, 0.717) is 4.90 Å². The lowest BCUT2D eigenvalue weighted by Gasteiger charge is -1.95.